The molecule has 1 N–H and O–H groups in total. The second-order valence-electron chi connectivity index (χ2n) is 2.09. The summed E-state index contributed by atoms with van der Waals surface area (Å²) in [7, 11) is 0. The Morgan fingerprint density at radius 1 is 1.29 bits per heavy atom. The molecule has 1 rings (SSSR count). The lowest BCUT2D eigenvalue weighted by molar-refractivity contribution is -0.875. The molecule has 0 aliphatic carbocycles. The summed E-state index contributed by atoms with van der Waals surface area (Å²) in [5.74, 6) is 0. The standard InChI is InChI=1S/C5H10ClN/c6-5-7-3-1-2-4-7/h1-5H2/p+1. The molecule has 1 saturated heterocycles. The predicted octanol–water partition coefficient (Wildman–Crippen LogP) is -0.139. The molecule has 0 atom stereocenters. The summed E-state index contributed by atoms with van der Waals surface area (Å²) >= 11 is 5.57. The second kappa shape index (κ2) is 2.53. The van der Waals surface area contributed by atoms with Crippen LogP contribution < -0.4 is 4.90 Å². The molecular weight excluding hydrogens is 110 g/mol. The van der Waals surface area contributed by atoms with E-state index >= 15 is 0 Å². The number of nitrogens with one attached hydrogen (secondary N) is 1. The average molecular weight is 121 g/mol. The molecule has 0 aromatic heterocycles. The number of hydrogen-bond acceptors (Lipinski definition) is 0. The first kappa shape index (κ1) is 5.39. The highest BCUT2D eigenvalue weighted by Crippen LogP contribution is 1.86. The smallest absolute Gasteiger partial charge is 0.153 e. The Morgan fingerprint density at radius 2 is 1.86 bits per heavy atom. The highest BCUT2D eigenvalue weighted by molar-refractivity contribution is 6.16. The lowest BCUT2D eigenvalue weighted by Gasteiger charge is -2.04. The van der Waals surface area contributed by atoms with Crippen LogP contribution >= 0.6 is 11.6 Å². The monoisotopic (exact) mass is 120 g/mol. The Labute approximate surface area is 49.3 Å². The number of likely N-dealkylation sites (tertiary alicyclic amines) is 1. The van der Waals surface area contributed by atoms with Gasteiger partial charge in [-0.2, -0.15) is 0 Å². The van der Waals surface area contributed by atoms with Crippen molar-refractivity contribution in [2.45, 2.75) is 12.8 Å². The van der Waals surface area contributed by atoms with Gasteiger partial charge >= 0.3 is 0 Å². The molecule has 1 aliphatic heterocycles. The van der Waals surface area contributed by atoms with Gasteiger partial charge in [0.2, 0.25) is 0 Å². The molecule has 0 amide bonds. The normalized spacial score (nSPS) is 23.6. The van der Waals surface area contributed by atoms with E-state index in [1.807, 2.05) is 0 Å². The van der Waals surface area contributed by atoms with Crippen LogP contribution in [0.2, 0.25) is 0 Å². The van der Waals surface area contributed by atoms with Crippen LogP contribution in [0.1, 0.15) is 12.8 Å². The Morgan fingerprint density at radius 3 is 2.14 bits per heavy atom. The van der Waals surface area contributed by atoms with Crippen LogP contribution in [0, 0.1) is 0 Å². The third kappa shape index (κ3) is 1.32. The summed E-state index contributed by atoms with van der Waals surface area (Å²) in [5.41, 5.74) is 0. The Bertz CT molecular complexity index is 50.0. The van der Waals surface area contributed by atoms with Gasteiger partial charge in [-0.25, -0.2) is 0 Å². The molecular formula is C5H11ClN+. The van der Waals surface area contributed by atoms with Crippen LogP contribution in [0.5, 0.6) is 0 Å². The minimum Gasteiger partial charge on any atom is -0.322 e. The minimum atomic E-state index is 0.806. The van der Waals surface area contributed by atoms with Gasteiger partial charge in [0, 0.05) is 12.8 Å². The van der Waals surface area contributed by atoms with E-state index in [0.717, 1.165) is 6.00 Å². The van der Waals surface area contributed by atoms with Crippen LogP contribution in [-0.4, -0.2) is 19.1 Å². The summed E-state index contributed by atoms with van der Waals surface area (Å²) < 4.78 is 0. The maximum Gasteiger partial charge on any atom is 0.153 e. The fourth-order valence-electron chi connectivity index (χ4n) is 1.01. The molecule has 0 aromatic carbocycles. The van der Waals surface area contributed by atoms with E-state index in [1.165, 1.54) is 25.9 Å². The number of hydrogen-bond donors (Lipinski definition) is 1. The average Bonchev–Trinajstić information content (AvgIpc) is 2.14. The number of alkyl halides is 1. The highest BCUT2D eigenvalue weighted by Gasteiger charge is 2.11. The first-order valence-corrected chi connectivity index (χ1v) is 3.36. The fraction of sp³-hybridized carbons (Fsp3) is 1.00. The van der Waals surface area contributed by atoms with Gasteiger partial charge < -0.3 is 4.90 Å². The quantitative estimate of drug-likeness (QED) is 0.363. The van der Waals surface area contributed by atoms with Crippen molar-refractivity contribution in [3.63, 3.8) is 0 Å². The van der Waals surface area contributed by atoms with E-state index < -0.39 is 0 Å². The third-order valence-electron chi connectivity index (χ3n) is 1.50. The highest BCUT2D eigenvalue weighted by atomic mass is 35.5. The van der Waals surface area contributed by atoms with Crippen molar-refractivity contribution < 1.29 is 4.90 Å². The summed E-state index contributed by atoms with van der Waals surface area (Å²) in [6.07, 6.45) is 2.75. The number of quaternary nitrogens is 1. The minimum absolute atomic E-state index is 0.806. The van der Waals surface area contributed by atoms with E-state index in [2.05, 4.69) is 0 Å². The van der Waals surface area contributed by atoms with Gasteiger partial charge in [0.15, 0.2) is 6.00 Å². The van der Waals surface area contributed by atoms with Crippen molar-refractivity contribution in [3.8, 4) is 0 Å². The van der Waals surface area contributed by atoms with E-state index in [4.69, 9.17) is 11.6 Å². The SMILES string of the molecule is ClC[NH+]1CCCC1. The molecule has 7 heavy (non-hydrogen) atoms. The zero-order valence-electron chi connectivity index (χ0n) is 4.41. The number of halogens is 1. The molecule has 0 aromatic rings. The summed E-state index contributed by atoms with van der Waals surface area (Å²) in [5, 5.41) is 0. The molecule has 0 unspecified atom stereocenters. The first-order valence-electron chi connectivity index (χ1n) is 2.83. The van der Waals surface area contributed by atoms with Crippen molar-refractivity contribution in [2.75, 3.05) is 19.1 Å². The molecule has 1 heterocycles. The van der Waals surface area contributed by atoms with Crippen molar-refractivity contribution >= 4 is 11.6 Å². The molecule has 1 aliphatic rings. The van der Waals surface area contributed by atoms with Gasteiger partial charge in [-0.1, -0.05) is 11.6 Å². The predicted molar refractivity (Wildman–Crippen MR) is 30.7 cm³/mol. The Balaban J connectivity index is 2.14. The van der Waals surface area contributed by atoms with Crippen LogP contribution in [0.15, 0.2) is 0 Å². The molecule has 0 radical (unpaired) electrons. The maximum atomic E-state index is 5.57. The molecule has 0 saturated carbocycles. The van der Waals surface area contributed by atoms with Gasteiger partial charge in [0.1, 0.15) is 0 Å². The van der Waals surface area contributed by atoms with Gasteiger partial charge in [-0.05, 0) is 0 Å². The summed E-state index contributed by atoms with van der Waals surface area (Å²) in [6, 6.07) is 0.806. The second-order valence-corrected chi connectivity index (χ2v) is 2.36. The molecule has 1 nitrogen and oxygen atoms in total. The topological polar surface area (TPSA) is 4.44 Å². The van der Waals surface area contributed by atoms with Crippen LogP contribution in [-0.2, 0) is 0 Å². The van der Waals surface area contributed by atoms with E-state index in [1.54, 1.807) is 4.90 Å². The lowest BCUT2D eigenvalue weighted by atomic mass is 10.4. The maximum absolute atomic E-state index is 5.57. The van der Waals surface area contributed by atoms with Crippen molar-refractivity contribution in [3.05, 3.63) is 0 Å². The Kier molecular flexibility index (Phi) is 1.95. The lowest BCUT2D eigenvalue weighted by Crippen LogP contribution is -3.09. The Hall–Kier alpha value is 0.250. The summed E-state index contributed by atoms with van der Waals surface area (Å²) in [4.78, 5) is 1.56. The molecule has 1 fully saturated rings. The zero-order valence-corrected chi connectivity index (χ0v) is 5.17. The first-order chi connectivity index (χ1) is 3.43. The molecule has 42 valence electrons. The van der Waals surface area contributed by atoms with E-state index in [9.17, 15) is 0 Å². The van der Waals surface area contributed by atoms with E-state index in [-0.39, 0.29) is 0 Å². The zero-order chi connectivity index (χ0) is 5.11. The van der Waals surface area contributed by atoms with Crippen molar-refractivity contribution in [1.82, 2.24) is 0 Å². The molecule has 2 heteroatoms. The molecule has 0 bridgehead atoms. The van der Waals surface area contributed by atoms with Gasteiger partial charge in [-0.3, -0.25) is 0 Å². The summed E-state index contributed by atoms with van der Waals surface area (Å²) in [6.45, 7) is 2.59. The van der Waals surface area contributed by atoms with Gasteiger partial charge in [-0.15, -0.1) is 0 Å². The van der Waals surface area contributed by atoms with Crippen LogP contribution in [0.4, 0.5) is 0 Å². The number of rotatable bonds is 1. The van der Waals surface area contributed by atoms with Gasteiger partial charge in [0.05, 0.1) is 13.1 Å². The van der Waals surface area contributed by atoms with Crippen LogP contribution in [0.25, 0.3) is 0 Å². The molecule has 0 spiro atoms. The van der Waals surface area contributed by atoms with Crippen molar-refractivity contribution in [1.29, 1.82) is 0 Å². The fourth-order valence-corrected chi connectivity index (χ4v) is 1.28. The van der Waals surface area contributed by atoms with Crippen LogP contribution in [0.3, 0.4) is 0 Å². The third-order valence-corrected chi connectivity index (χ3v) is 1.88. The van der Waals surface area contributed by atoms with Crippen molar-refractivity contribution in [2.24, 2.45) is 0 Å². The van der Waals surface area contributed by atoms with E-state index in [0.29, 0.717) is 0 Å². The largest absolute Gasteiger partial charge is 0.322 e. The van der Waals surface area contributed by atoms with Gasteiger partial charge in [0.25, 0.3) is 0 Å².